The van der Waals surface area contributed by atoms with Gasteiger partial charge in [0.2, 0.25) is 0 Å². The Labute approximate surface area is 92.8 Å². The summed E-state index contributed by atoms with van der Waals surface area (Å²) in [6.45, 7) is 1.80. The summed E-state index contributed by atoms with van der Waals surface area (Å²) in [4.78, 5) is 0. The molecule has 0 aliphatic rings. The van der Waals surface area contributed by atoms with Crippen LogP contribution in [0.15, 0.2) is 10.2 Å². The van der Waals surface area contributed by atoms with Gasteiger partial charge in [0.1, 0.15) is 0 Å². The molecular formula is C6H12N6S2. The summed E-state index contributed by atoms with van der Waals surface area (Å²) in [6, 6.07) is 0. The summed E-state index contributed by atoms with van der Waals surface area (Å²) in [5.74, 6) is 0. The lowest BCUT2D eigenvalue weighted by Gasteiger charge is -1.97. The lowest BCUT2D eigenvalue weighted by Crippen LogP contribution is -2.25. The number of thiocarbonyl (C=S) groups is 2. The highest BCUT2D eigenvalue weighted by Gasteiger charge is 1.88. The van der Waals surface area contributed by atoms with Crippen LogP contribution in [0, 0.1) is 0 Å². The zero-order valence-corrected chi connectivity index (χ0v) is 9.28. The molecule has 0 atom stereocenters. The molecule has 0 aromatic carbocycles. The van der Waals surface area contributed by atoms with E-state index in [0.29, 0.717) is 6.42 Å². The van der Waals surface area contributed by atoms with Gasteiger partial charge >= 0.3 is 0 Å². The Kier molecular flexibility index (Phi) is 6.50. The molecule has 6 N–H and O–H groups in total. The van der Waals surface area contributed by atoms with Crippen molar-refractivity contribution in [1.29, 1.82) is 0 Å². The molecule has 0 aromatic heterocycles. The van der Waals surface area contributed by atoms with Gasteiger partial charge in [0.25, 0.3) is 0 Å². The lowest BCUT2D eigenvalue weighted by molar-refractivity contribution is 1.01. The van der Waals surface area contributed by atoms with Crippen LogP contribution in [0.4, 0.5) is 0 Å². The van der Waals surface area contributed by atoms with Gasteiger partial charge in [-0.05, 0) is 31.4 Å². The van der Waals surface area contributed by atoms with E-state index in [-0.39, 0.29) is 10.2 Å². The summed E-state index contributed by atoms with van der Waals surface area (Å²) in [7, 11) is 0. The number of rotatable bonds is 4. The molecule has 0 heterocycles. The highest BCUT2D eigenvalue weighted by atomic mass is 32.1. The average Bonchev–Trinajstić information content (AvgIpc) is 2.08. The smallest absolute Gasteiger partial charge is 0.184 e. The second-order valence-corrected chi connectivity index (χ2v) is 3.19. The molecule has 0 saturated heterocycles. The van der Waals surface area contributed by atoms with Crippen LogP contribution in [0.5, 0.6) is 0 Å². The van der Waals surface area contributed by atoms with E-state index in [1.54, 1.807) is 13.1 Å². The van der Waals surface area contributed by atoms with Gasteiger partial charge < -0.3 is 11.5 Å². The summed E-state index contributed by atoms with van der Waals surface area (Å²) in [5, 5.41) is 7.83. The third-order valence-electron chi connectivity index (χ3n) is 1.01. The van der Waals surface area contributed by atoms with E-state index in [1.807, 2.05) is 0 Å². The molecule has 8 heteroatoms. The first-order valence-corrected chi connectivity index (χ1v) is 4.49. The Hall–Kier alpha value is -1.28. The summed E-state index contributed by atoms with van der Waals surface area (Å²) >= 11 is 9.10. The van der Waals surface area contributed by atoms with Gasteiger partial charge in [0, 0.05) is 18.3 Å². The Morgan fingerprint density at radius 3 is 2.36 bits per heavy atom. The number of nitrogens with zero attached hydrogens (tertiary/aromatic N) is 2. The number of hydrogen-bond donors (Lipinski definition) is 4. The quantitative estimate of drug-likeness (QED) is 0.293. The van der Waals surface area contributed by atoms with Crippen LogP contribution in [0.3, 0.4) is 0 Å². The fraction of sp³-hybridized carbons (Fsp3) is 0.333. The Bertz CT molecular complexity index is 271. The maximum atomic E-state index is 5.17. The van der Waals surface area contributed by atoms with E-state index >= 15 is 0 Å². The monoisotopic (exact) mass is 232 g/mol. The fourth-order valence-corrected chi connectivity index (χ4v) is 0.582. The Balaban J connectivity index is 3.77. The first kappa shape index (κ1) is 12.7. The van der Waals surface area contributed by atoms with Crippen molar-refractivity contribution >= 4 is 46.6 Å². The van der Waals surface area contributed by atoms with Crippen molar-refractivity contribution in [3.05, 3.63) is 0 Å². The molecule has 78 valence electrons. The predicted octanol–water partition coefficient (Wildman–Crippen LogP) is -0.595. The number of hydrazone groups is 2. The standard InChI is InChI=1S/C6H12N6S2/c1-4(10-12-6(8)14)2-3-9-11-5(7)13/h3H,2H2,1H3,(H3,7,11,13)(H3,8,12,14)/b9-3+,10-4+. The number of nitrogens with two attached hydrogens (primary N) is 2. The second kappa shape index (κ2) is 7.15. The van der Waals surface area contributed by atoms with Crippen molar-refractivity contribution in [2.24, 2.45) is 21.7 Å². The molecule has 0 aromatic rings. The van der Waals surface area contributed by atoms with Crippen molar-refractivity contribution in [3.8, 4) is 0 Å². The first-order valence-electron chi connectivity index (χ1n) is 3.68. The van der Waals surface area contributed by atoms with E-state index in [9.17, 15) is 0 Å². The van der Waals surface area contributed by atoms with Gasteiger partial charge in [-0.3, -0.25) is 10.9 Å². The Morgan fingerprint density at radius 2 is 1.86 bits per heavy atom. The molecule has 0 aliphatic carbocycles. The number of nitrogens with one attached hydrogen (secondary N) is 2. The molecule has 14 heavy (non-hydrogen) atoms. The summed E-state index contributed by atoms with van der Waals surface area (Å²) < 4.78 is 0. The van der Waals surface area contributed by atoms with Crippen LogP contribution >= 0.6 is 24.4 Å². The van der Waals surface area contributed by atoms with Crippen LogP contribution in [-0.4, -0.2) is 22.2 Å². The fourth-order valence-electron chi connectivity index (χ4n) is 0.483. The maximum Gasteiger partial charge on any atom is 0.184 e. The van der Waals surface area contributed by atoms with Crippen molar-refractivity contribution < 1.29 is 0 Å². The lowest BCUT2D eigenvalue weighted by atomic mass is 10.3. The van der Waals surface area contributed by atoms with Gasteiger partial charge in [-0.1, -0.05) is 0 Å². The van der Waals surface area contributed by atoms with E-state index in [0.717, 1.165) is 5.71 Å². The van der Waals surface area contributed by atoms with Crippen molar-refractivity contribution in [3.63, 3.8) is 0 Å². The minimum atomic E-state index is 0.122. The molecule has 0 radical (unpaired) electrons. The predicted molar refractivity (Wildman–Crippen MR) is 66.1 cm³/mol. The van der Waals surface area contributed by atoms with E-state index in [2.05, 4.69) is 45.5 Å². The van der Waals surface area contributed by atoms with Crippen molar-refractivity contribution in [1.82, 2.24) is 10.9 Å². The van der Waals surface area contributed by atoms with Crippen LogP contribution in [-0.2, 0) is 0 Å². The molecule has 6 nitrogen and oxygen atoms in total. The van der Waals surface area contributed by atoms with E-state index in [1.165, 1.54) is 0 Å². The molecule has 0 aliphatic heterocycles. The molecule has 0 unspecified atom stereocenters. The van der Waals surface area contributed by atoms with Gasteiger partial charge in [-0.25, -0.2) is 0 Å². The zero-order valence-electron chi connectivity index (χ0n) is 7.65. The van der Waals surface area contributed by atoms with E-state index < -0.39 is 0 Å². The van der Waals surface area contributed by atoms with Gasteiger partial charge in [0.05, 0.1) is 0 Å². The number of hydrogen-bond acceptors (Lipinski definition) is 4. The van der Waals surface area contributed by atoms with Crippen LogP contribution < -0.4 is 22.3 Å². The Morgan fingerprint density at radius 1 is 1.29 bits per heavy atom. The maximum absolute atomic E-state index is 5.17. The van der Waals surface area contributed by atoms with Gasteiger partial charge in [0.15, 0.2) is 10.2 Å². The molecular weight excluding hydrogens is 220 g/mol. The first-order chi connectivity index (χ1) is 6.52. The summed E-state index contributed by atoms with van der Waals surface area (Å²) in [6.07, 6.45) is 2.13. The largest absolute Gasteiger partial charge is 0.375 e. The van der Waals surface area contributed by atoms with E-state index in [4.69, 9.17) is 11.5 Å². The van der Waals surface area contributed by atoms with Crippen LogP contribution in [0.25, 0.3) is 0 Å². The molecule has 0 bridgehead atoms. The van der Waals surface area contributed by atoms with Crippen LogP contribution in [0.2, 0.25) is 0 Å². The minimum absolute atomic E-state index is 0.122. The molecule has 0 amide bonds. The highest BCUT2D eigenvalue weighted by Crippen LogP contribution is 1.80. The molecule has 0 fully saturated rings. The SMILES string of the molecule is C/C(C/C=N/NC(N)=S)=N\NC(N)=S. The third kappa shape index (κ3) is 8.81. The van der Waals surface area contributed by atoms with Crippen molar-refractivity contribution in [2.75, 3.05) is 0 Å². The minimum Gasteiger partial charge on any atom is -0.375 e. The van der Waals surface area contributed by atoms with Crippen LogP contribution in [0.1, 0.15) is 13.3 Å². The topological polar surface area (TPSA) is 101 Å². The third-order valence-corrected chi connectivity index (χ3v) is 1.19. The average molecular weight is 232 g/mol. The molecule has 0 saturated carbocycles. The van der Waals surface area contributed by atoms with Gasteiger partial charge in [-0.15, -0.1) is 0 Å². The zero-order chi connectivity index (χ0) is 11.0. The molecule has 0 rings (SSSR count). The normalized spacial score (nSPS) is 11.4. The highest BCUT2D eigenvalue weighted by molar-refractivity contribution is 7.80. The second-order valence-electron chi connectivity index (χ2n) is 2.31. The van der Waals surface area contributed by atoms with Crippen molar-refractivity contribution in [2.45, 2.75) is 13.3 Å². The van der Waals surface area contributed by atoms with Gasteiger partial charge in [-0.2, -0.15) is 10.2 Å². The molecule has 0 spiro atoms. The summed E-state index contributed by atoms with van der Waals surface area (Å²) in [5.41, 5.74) is 16.0.